The highest BCUT2D eigenvalue weighted by Gasteiger charge is 2.35. The van der Waals surface area contributed by atoms with Crippen LogP contribution in [0.1, 0.15) is 36.8 Å². The van der Waals surface area contributed by atoms with Gasteiger partial charge in [-0.2, -0.15) is 0 Å². The van der Waals surface area contributed by atoms with Crippen molar-refractivity contribution >= 4 is 41.4 Å². The Labute approximate surface area is 191 Å². The second-order valence-electron chi connectivity index (χ2n) is 7.42. The lowest BCUT2D eigenvalue weighted by molar-refractivity contribution is -0.117. The van der Waals surface area contributed by atoms with Gasteiger partial charge in [-0.05, 0) is 54.6 Å². The zero-order valence-corrected chi connectivity index (χ0v) is 17.6. The third-order valence-corrected chi connectivity index (χ3v) is 5.37. The van der Waals surface area contributed by atoms with Gasteiger partial charge in [0.25, 0.3) is 23.6 Å². The first-order valence-electron chi connectivity index (χ1n) is 10.0. The number of imide groups is 1. The lowest BCUT2D eigenvalue weighted by atomic mass is 10.0. The number of anilines is 1. The number of benzene rings is 2. The molecular weight excluding hydrogens is 442 g/mol. The number of hydrogen-bond acceptors (Lipinski definition) is 7. The molecule has 1 aromatic heterocycles. The van der Waals surface area contributed by atoms with Gasteiger partial charge in [0.15, 0.2) is 0 Å². The second kappa shape index (κ2) is 7.85. The van der Waals surface area contributed by atoms with E-state index in [1.807, 2.05) is 0 Å². The summed E-state index contributed by atoms with van der Waals surface area (Å²) < 4.78 is 10.4. The number of nitrogens with zero attached hydrogens (tertiary/aromatic N) is 1. The van der Waals surface area contributed by atoms with Crippen molar-refractivity contribution in [2.75, 3.05) is 12.1 Å². The molecule has 1 saturated heterocycles. The minimum atomic E-state index is -0.618. The van der Waals surface area contributed by atoms with E-state index in [0.717, 1.165) is 5.01 Å². The van der Waals surface area contributed by atoms with Crippen LogP contribution in [0.5, 0.6) is 0 Å². The van der Waals surface area contributed by atoms with Crippen molar-refractivity contribution in [1.29, 1.82) is 0 Å². The van der Waals surface area contributed by atoms with Crippen LogP contribution in [-0.4, -0.2) is 36.7 Å². The van der Waals surface area contributed by atoms with E-state index in [9.17, 15) is 24.0 Å². The molecule has 34 heavy (non-hydrogen) atoms. The number of hydrogen-bond donors (Lipinski definition) is 2. The highest BCUT2D eigenvalue weighted by Crippen LogP contribution is 2.28. The Balaban J connectivity index is 1.39. The molecule has 168 valence electrons. The molecule has 2 N–H and O–H groups in total. The van der Waals surface area contributed by atoms with Crippen molar-refractivity contribution in [3.05, 3.63) is 82.6 Å². The first-order chi connectivity index (χ1) is 16.4. The third-order valence-electron chi connectivity index (χ3n) is 5.37. The van der Waals surface area contributed by atoms with Gasteiger partial charge in [-0.3, -0.25) is 29.9 Å². The molecule has 5 rings (SSSR count). The van der Waals surface area contributed by atoms with E-state index in [-0.39, 0.29) is 22.5 Å². The number of carbonyl (C=O) groups is 5. The van der Waals surface area contributed by atoms with Crippen LogP contribution < -0.4 is 15.8 Å². The Hall–Kier alpha value is -4.99. The zero-order chi connectivity index (χ0) is 24.0. The summed E-state index contributed by atoms with van der Waals surface area (Å²) in [5.41, 5.74) is 4.09. The summed E-state index contributed by atoms with van der Waals surface area (Å²) in [7, 11) is 1.26. The van der Waals surface area contributed by atoms with Gasteiger partial charge in [-0.25, -0.2) is 9.80 Å². The number of furan rings is 1. The van der Waals surface area contributed by atoms with Crippen molar-refractivity contribution in [2.45, 2.75) is 0 Å². The fourth-order valence-electron chi connectivity index (χ4n) is 3.65. The maximum Gasteiger partial charge on any atom is 0.337 e. The summed E-state index contributed by atoms with van der Waals surface area (Å²) in [6, 6.07) is 13.9. The topological polar surface area (TPSA) is 135 Å². The molecular formula is C24H15N3O7. The van der Waals surface area contributed by atoms with Crippen LogP contribution in [0.4, 0.5) is 5.69 Å². The third kappa shape index (κ3) is 3.43. The molecule has 0 aliphatic carbocycles. The number of esters is 1. The van der Waals surface area contributed by atoms with E-state index in [0.29, 0.717) is 22.6 Å². The van der Waals surface area contributed by atoms with Crippen LogP contribution in [0.2, 0.25) is 0 Å². The van der Waals surface area contributed by atoms with Crippen LogP contribution in [0.15, 0.2) is 64.6 Å². The number of rotatable bonds is 4. The minimum absolute atomic E-state index is 0.142. The van der Waals surface area contributed by atoms with Crippen LogP contribution in [-0.2, 0) is 14.3 Å². The zero-order valence-electron chi connectivity index (χ0n) is 17.6. The van der Waals surface area contributed by atoms with Crippen LogP contribution in [0.25, 0.3) is 17.4 Å². The van der Waals surface area contributed by atoms with E-state index in [2.05, 4.69) is 15.5 Å². The van der Waals surface area contributed by atoms with Gasteiger partial charge in [0, 0.05) is 5.56 Å². The van der Waals surface area contributed by atoms with Gasteiger partial charge in [0.2, 0.25) is 0 Å². The SMILES string of the molecule is COC(=O)c1ccc(N2NC(=O)C(=Cc3ccc(-c4ccc5c(c4)C(=O)NC5=O)o3)C2=O)cc1. The number of amides is 4. The van der Waals surface area contributed by atoms with E-state index in [1.165, 1.54) is 43.5 Å². The van der Waals surface area contributed by atoms with E-state index in [4.69, 9.17) is 4.42 Å². The van der Waals surface area contributed by atoms with Crippen molar-refractivity contribution in [2.24, 2.45) is 0 Å². The molecule has 3 aromatic rings. The van der Waals surface area contributed by atoms with Crippen LogP contribution in [0, 0.1) is 0 Å². The summed E-state index contributed by atoms with van der Waals surface area (Å²) in [5.74, 6) is -2.03. The summed E-state index contributed by atoms with van der Waals surface area (Å²) in [6.45, 7) is 0. The maximum atomic E-state index is 12.8. The number of carbonyl (C=O) groups excluding carboxylic acids is 5. The fourth-order valence-corrected chi connectivity index (χ4v) is 3.65. The normalized spacial score (nSPS) is 16.0. The number of fused-ring (bicyclic) bond motifs is 1. The molecule has 2 aliphatic heterocycles. The lowest BCUT2D eigenvalue weighted by Gasteiger charge is -2.14. The average Bonchev–Trinajstić information content (AvgIpc) is 3.51. The summed E-state index contributed by atoms with van der Waals surface area (Å²) in [6.07, 6.45) is 1.31. The number of ether oxygens (including phenoxy) is 1. The van der Waals surface area contributed by atoms with Gasteiger partial charge >= 0.3 is 5.97 Å². The Morgan fingerprint density at radius 3 is 2.38 bits per heavy atom. The molecule has 0 atom stereocenters. The molecule has 0 bridgehead atoms. The molecule has 0 radical (unpaired) electrons. The number of methoxy groups -OCH3 is 1. The molecule has 0 spiro atoms. The van der Waals surface area contributed by atoms with E-state index < -0.39 is 29.6 Å². The Kier molecular flexibility index (Phi) is 4.82. The molecule has 10 heteroatoms. The Morgan fingerprint density at radius 1 is 0.912 bits per heavy atom. The summed E-state index contributed by atoms with van der Waals surface area (Å²) in [4.78, 5) is 60.5. The van der Waals surface area contributed by atoms with Crippen molar-refractivity contribution in [3.8, 4) is 11.3 Å². The van der Waals surface area contributed by atoms with E-state index >= 15 is 0 Å². The predicted molar refractivity (Wildman–Crippen MR) is 117 cm³/mol. The quantitative estimate of drug-likeness (QED) is 0.265. The molecule has 0 unspecified atom stereocenters. The standard InChI is InChI=1S/C24H15N3O7/c1-33-24(32)12-2-5-14(6-3-12)27-23(31)18(22(30)26-27)11-15-7-9-19(34-15)13-4-8-16-17(10-13)21(29)25-20(16)28/h2-11H,1H3,(H,26,30)(H,25,28,29). The number of hydrazine groups is 1. The smallest absolute Gasteiger partial charge is 0.337 e. The molecule has 1 fully saturated rings. The van der Waals surface area contributed by atoms with Crippen molar-refractivity contribution in [1.82, 2.24) is 10.7 Å². The van der Waals surface area contributed by atoms with Crippen LogP contribution in [0.3, 0.4) is 0 Å². The first-order valence-corrected chi connectivity index (χ1v) is 10.0. The Bertz CT molecular complexity index is 1430. The van der Waals surface area contributed by atoms with Gasteiger partial charge in [0.1, 0.15) is 17.1 Å². The number of nitrogens with one attached hydrogen (secondary N) is 2. The molecule has 10 nitrogen and oxygen atoms in total. The highest BCUT2D eigenvalue weighted by atomic mass is 16.5. The van der Waals surface area contributed by atoms with Crippen LogP contribution >= 0.6 is 0 Å². The van der Waals surface area contributed by atoms with Gasteiger partial charge in [0.05, 0.1) is 29.5 Å². The van der Waals surface area contributed by atoms with E-state index in [1.54, 1.807) is 24.3 Å². The lowest BCUT2D eigenvalue weighted by Crippen LogP contribution is -2.35. The predicted octanol–water partition coefficient (Wildman–Crippen LogP) is 2.08. The highest BCUT2D eigenvalue weighted by molar-refractivity contribution is 6.31. The average molecular weight is 457 g/mol. The summed E-state index contributed by atoms with van der Waals surface area (Å²) >= 11 is 0. The maximum absolute atomic E-state index is 12.8. The van der Waals surface area contributed by atoms with Crippen molar-refractivity contribution in [3.63, 3.8) is 0 Å². The monoisotopic (exact) mass is 457 g/mol. The minimum Gasteiger partial charge on any atom is -0.465 e. The Morgan fingerprint density at radius 2 is 1.65 bits per heavy atom. The molecule has 2 aromatic carbocycles. The second-order valence-corrected chi connectivity index (χ2v) is 7.42. The van der Waals surface area contributed by atoms with Gasteiger partial charge in [-0.1, -0.05) is 6.07 Å². The molecule has 3 heterocycles. The molecule has 0 saturated carbocycles. The first kappa shape index (κ1) is 20.9. The molecule has 4 amide bonds. The molecule has 2 aliphatic rings. The van der Waals surface area contributed by atoms with Gasteiger partial charge < -0.3 is 9.15 Å². The summed E-state index contributed by atoms with van der Waals surface area (Å²) in [5, 5.41) is 3.29. The van der Waals surface area contributed by atoms with Crippen molar-refractivity contribution < 1.29 is 33.1 Å². The fraction of sp³-hybridized carbons (Fsp3) is 0.0417. The largest absolute Gasteiger partial charge is 0.465 e. The van der Waals surface area contributed by atoms with Gasteiger partial charge in [-0.15, -0.1) is 0 Å².